The fourth-order valence-electron chi connectivity index (χ4n) is 2.16. The van der Waals surface area contributed by atoms with Gasteiger partial charge in [0.15, 0.2) is 5.11 Å². The number of hydrogen-bond donors (Lipinski definition) is 2. The highest BCUT2D eigenvalue weighted by molar-refractivity contribution is 7.80. The first-order valence-corrected chi connectivity index (χ1v) is 8.90. The van der Waals surface area contributed by atoms with Crippen LogP contribution in [0.5, 0.6) is 5.75 Å². The van der Waals surface area contributed by atoms with Crippen molar-refractivity contribution in [1.82, 2.24) is 15.5 Å². The fourth-order valence-corrected chi connectivity index (χ4v) is 2.48. The van der Waals surface area contributed by atoms with Gasteiger partial charge >= 0.3 is 0 Å². The molecule has 0 radical (unpaired) electrons. The van der Waals surface area contributed by atoms with Crippen molar-refractivity contribution in [2.24, 2.45) is 0 Å². The lowest BCUT2D eigenvalue weighted by molar-refractivity contribution is 0.363. The Bertz CT molecular complexity index is 910. The van der Waals surface area contributed by atoms with Gasteiger partial charge in [0.1, 0.15) is 12.4 Å². The van der Waals surface area contributed by atoms with Crippen molar-refractivity contribution in [3.8, 4) is 17.1 Å². The number of hydrogen-bond acceptors (Lipinski definition) is 5. The zero-order valence-electron chi connectivity index (χ0n) is 14.3. The molecule has 0 aliphatic carbocycles. The molecule has 0 spiro atoms. The molecule has 27 heavy (non-hydrogen) atoms. The average Bonchev–Trinajstić information content (AvgIpc) is 3.15. The highest BCUT2D eigenvalue weighted by Crippen LogP contribution is 2.19. The van der Waals surface area contributed by atoms with E-state index in [0.717, 1.165) is 17.0 Å². The van der Waals surface area contributed by atoms with E-state index in [0.29, 0.717) is 35.0 Å². The van der Waals surface area contributed by atoms with Crippen LogP contribution in [0.2, 0.25) is 5.02 Å². The van der Waals surface area contributed by atoms with Crippen LogP contribution in [0.4, 0.5) is 5.69 Å². The lowest BCUT2D eigenvalue weighted by atomic mass is 10.2. The molecule has 0 amide bonds. The summed E-state index contributed by atoms with van der Waals surface area (Å²) in [6.07, 6.45) is 1.70. The normalized spacial score (nSPS) is 10.3. The number of thiocarbonyl (C=S) groups is 1. The third-order valence-electron chi connectivity index (χ3n) is 3.45. The second-order valence-electron chi connectivity index (χ2n) is 5.45. The van der Waals surface area contributed by atoms with Crippen LogP contribution in [0.3, 0.4) is 0 Å². The standard InChI is InChI=1S/C19H17ClN4O2S/c1-2-11-25-16-9-7-15(8-10-16)22-19(27)21-12-17-23-18(24-26-17)13-3-5-14(20)6-4-13/h2-10H,1,11-12H2,(H2,21,22,27). The zero-order valence-corrected chi connectivity index (χ0v) is 15.9. The minimum Gasteiger partial charge on any atom is -0.490 e. The predicted octanol–water partition coefficient (Wildman–Crippen LogP) is 4.44. The van der Waals surface area contributed by atoms with Crippen molar-refractivity contribution in [2.75, 3.05) is 11.9 Å². The molecule has 1 heterocycles. The number of halogens is 1. The van der Waals surface area contributed by atoms with Gasteiger partial charge in [-0.05, 0) is 60.7 Å². The molecule has 0 fully saturated rings. The molecular formula is C19H17ClN4O2S. The van der Waals surface area contributed by atoms with Gasteiger partial charge < -0.3 is 19.9 Å². The molecule has 3 rings (SSSR count). The Kier molecular flexibility index (Phi) is 6.40. The van der Waals surface area contributed by atoms with Crippen LogP contribution in [0.1, 0.15) is 5.89 Å². The van der Waals surface area contributed by atoms with Gasteiger partial charge in [-0.2, -0.15) is 4.98 Å². The molecule has 2 N–H and O–H groups in total. The lowest BCUT2D eigenvalue weighted by Crippen LogP contribution is -2.27. The minimum atomic E-state index is 0.312. The molecule has 1 aromatic heterocycles. The number of ether oxygens (including phenoxy) is 1. The Morgan fingerprint density at radius 1 is 1.19 bits per heavy atom. The maximum atomic E-state index is 5.88. The lowest BCUT2D eigenvalue weighted by Gasteiger charge is -2.09. The van der Waals surface area contributed by atoms with E-state index in [4.69, 9.17) is 33.1 Å². The molecule has 6 nitrogen and oxygen atoms in total. The molecule has 0 atom stereocenters. The SMILES string of the molecule is C=CCOc1ccc(NC(=S)NCc2nc(-c3ccc(Cl)cc3)no2)cc1. The Hall–Kier alpha value is -2.90. The van der Waals surface area contributed by atoms with E-state index < -0.39 is 0 Å². The summed E-state index contributed by atoms with van der Waals surface area (Å²) in [5.41, 5.74) is 1.67. The maximum absolute atomic E-state index is 5.88. The Morgan fingerprint density at radius 2 is 1.93 bits per heavy atom. The quantitative estimate of drug-likeness (QED) is 0.448. The minimum absolute atomic E-state index is 0.312. The van der Waals surface area contributed by atoms with E-state index >= 15 is 0 Å². The van der Waals surface area contributed by atoms with Gasteiger partial charge in [0.05, 0.1) is 6.54 Å². The monoisotopic (exact) mass is 400 g/mol. The molecule has 3 aromatic rings. The first-order valence-electron chi connectivity index (χ1n) is 8.11. The Balaban J connectivity index is 1.50. The molecule has 0 unspecified atom stereocenters. The highest BCUT2D eigenvalue weighted by atomic mass is 35.5. The van der Waals surface area contributed by atoms with E-state index in [1.807, 2.05) is 36.4 Å². The van der Waals surface area contributed by atoms with E-state index in [-0.39, 0.29) is 0 Å². The zero-order chi connectivity index (χ0) is 19.1. The molecule has 2 aromatic carbocycles. The van der Waals surface area contributed by atoms with Crippen LogP contribution in [-0.4, -0.2) is 21.9 Å². The molecule has 0 bridgehead atoms. The second-order valence-corrected chi connectivity index (χ2v) is 6.30. The second kappa shape index (κ2) is 9.16. The Labute approximate surface area is 167 Å². The summed E-state index contributed by atoms with van der Waals surface area (Å²) in [4.78, 5) is 4.33. The summed E-state index contributed by atoms with van der Waals surface area (Å²) < 4.78 is 10.7. The topological polar surface area (TPSA) is 72.2 Å². The van der Waals surface area contributed by atoms with E-state index in [9.17, 15) is 0 Å². The number of benzene rings is 2. The summed E-state index contributed by atoms with van der Waals surface area (Å²) in [6, 6.07) is 14.7. The highest BCUT2D eigenvalue weighted by Gasteiger charge is 2.09. The summed E-state index contributed by atoms with van der Waals surface area (Å²) in [5, 5.41) is 11.2. The maximum Gasteiger partial charge on any atom is 0.246 e. The van der Waals surface area contributed by atoms with Crippen molar-refractivity contribution in [1.29, 1.82) is 0 Å². The average molecular weight is 401 g/mol. The van der Waals surface area contributed by atoms with Gasteiger partial charge in [-0.1, -0.05) is 29.4 Å². The van der Waals surface area contributed by atoms with Crippen molar-refractivity contribution < 1.29 is 9.26 Å². The number of rotatable bonds is 7. The van der Waals surface area contributed by atoms with E-state index in [2.05, 4.69) is 27.4 Å². The van der Waals surface area contributed by atoms with Crippen molar-refractivity contribution in [2.45, 2.75) is 6.54 Å². The molecule has 8 heteroatoms. The largest absolute Gasteiger partial charge is 0.490 e. The van der Waals surface area contributed by atoms with Crippen molar-refractivity contribution >= 4 is 34.6 Å². The molecule has 0 aliphatic heterocycles. The smallest absolute Gasteiger partial charge is 0.246 e. The van der Waals surface area contributed by atoms with Crippen molar-refractivity contribution in [3.05, 3.63) is 72.1 Å². The number of nitrogens with zero attached hydrogens (tertiary/aromatic N) is 2. The van der Waals surface area contributed by atoms with Gasteiger partial charge in [0.2, 0.25) is 11.7 Å². The molecule has 138 valence electrons. The summed E-state index contributed by atoms with van der Waals surface area (Å²) >= 11 is 11.2. The van der Waals surface area contributed by atoms with Gasteiger partial charge in [0.25, 0.3) is 0 Å². The van der Waals surface area contributed by atoms with Crippen LogP contribution in [0.15, 0.2) is 65.7 Å². The molecule has 0 aliphatic rings. The number of nitrogens with one attached hydrogen (secondary N) is 2. The summed E-state index contributed by atoms with van der Waals surface area (Å²) in [5.74, 6) is 1.69. The van der Waals surface area contributed by atoms with Gasteiger partial charge in [-0.25, -0.2) is 0 Å². The van der Waals surface area contributed by atoms with Crippen LogP contribution < -0.4 is 15.4 Å². The Morgan fingerprint density at radius 3 is 2.63 bits per heavy atom. The molecule has 0 saturated heterocycles. The van der Waals surface area contributed by atoms with Crippen LogP contribution >= 0.6 is 23.8 Å². The van der Waals surface area contributed by atoms with Gasteiger partial charge in [-0.15, -0.1) is 0 Å². The summed E-state index contributed by atoms with van der Waals surface area (Å²) in [7, 11) is 0. The molecular weight excluding hydrogens is 384 g/mol. The fraction of sp³-hybridized carbons (Fsp3) is 0.105. The van der Waals surface area contributed by atoms with E-state index in [1.165, 1.54) is 0 Å². The first kappa shape index (κ1) is 18.9. The molecule has 0 saturated carbocycles. The van der Waals surface area contributed by atoms with Crippen LogP contribution in [-0.2, 0) is 6.54 Å². The third-order valence-corrected chi connectivity index (χ3v) is 3.95. The third kappa shape index (κ3) is 5.54. The van der Waals surface area contributed by atoms with Crippen LogP contribution in [0, 0.1) is 0 Å². The summed E-state index contributed by atoms with van der Waals surface area (Å²) in [6.45, 7) is 4.39. The van der Waals surface area contributed by atoms with Gasteiger partial charge in [0, 0.05) is 16.3 Å². The number of aromatic nitrogens is 2. The van der Waals surface area contributed by atoms with E-state index in [1.54, 1.807) is 18.2 Å². The predicted molar refractivity (Wildman–Crippen MR) is 110 cm³/mol. The van der Waals surface area contributed by atoms with Crippen molar-refractivity contribution in [3.63, 3.8) is 0 Å². The number of anilines is 1. The van der Waals surface area contributed by atoms with Gasteiger partial charge in [-0.3, -0.25) is 0 Å². The van der Waals surface area contributed by atoms with Crippen LogP contribution in [0.25, 0.3) is 11.4 Å². The first-order chi connectivity index (χ1) is 13.1.